The van der Waals surface area contributed by atoms with E-state index in [2.05, 4.69) is 24.1 Å². The van der Waals surface area contributed by atoms with E-state index < -0.39 is 0 Å². The summed E-state index contributed by atoms with van der Waals surface area (Å²) < 4.78 is 13.3. The summed E-state index contributed by atoms with van der Waals surface area (Å²) in [6, 6.07) is 13.7. The second kappa shape index (κ2) is 12.2. The first-order valence-corrected chi connectivity index (χ1v) is 13.2. The second-order valence-electron chi connectivity index (χ2n) is 10.5. The normalized spacial score (nSPS) is 15.9. The molecule has 1 saturated heterocycles. The fourth-order valence-corrected chi connectivity index (χ4v) is 4.76. The Morgan fingerprint density at radius 3 is 2.19 bits per heavy atom. The molecule has 7 nitrogen and oxygen atoms in total. The summed E-state index contributed by atoms with van der Waals surface area (Å²) in [5.41, 5.74) is 2.50. The van der Waals surface area contributed by atoms with E-state index in [1.54, 1.807) is 17.0 Å². The zero-order chi connectivity index (χ0) is 26.4. The van der Waals surface area contributed by atoms with Crippen LogP contribution in [-0.4, -0.2) is 60.2 Å². The molecule has 1 aliphatic heterocycles. The van der Waals surface area contributed by atoms with Gasteiger partial charge in [-0.1, -0.05) is 32.4 Å². The smallest absolute Gasteiger partial charge is 0.244 e. The second-order valence-corrected chi connectivity index (χ2v) is 10.5. The lowest BCUT2D eigenvalue weighted by atomic mass is 9.84. The highest BCUT2D eigenvalue weighted by atomic mass is 19.1. The van der Waals surface area contributed by atoms with Crippen molar-refractivity contribution in [3.05, 3.63) is 59.9 Å². The van der Waals surface area contributed by atoms with Crippen LogP contribution in [0.4, 0.5) is 15.8 Å². The molecular formula is C29H37FN4O3. The molecule has 2 aliphatic rings. The van der Waals surface area contributed by atoms with E-state index in [-0.39, 0.29) is 42.5 Å². The minimum absolute atomic E-state index is 0.0212. The zero-order valence-electron chi connectivity index (χ0n) is 21.8. The number of hydrogen-bond donors (Lipinski definition) is 1. The summed E-state index contributed by atoms with van der Waals surface area (Å²) in [4.78, 5) is 43.9. The highest BCUT2D eigenvalue weighted by molar-refractivity contribution is 5.95. The maximum Gasteiger partial charge on any atom is 0.244 e. The van der Waals surface area contributed by atoms with Crippen LogP contribution in [0.2, 0.25) is 0 Å². The molecule has 2 aromatic rings. The standard InChI is InChI=1S/C29H37FN4O3/c1-21(2)18-28(36)33-16-14-32(15-17-33)26-12-10-25(11-13-26)31-27(35)20-34(29(37)23-4-3-5-23)19-22-6-8-24(30)9-7-22/h6-13,21,23H,3-5,14-20H2,1-2H3,(H,31,35). The number of carbonyl (C=O) groups excluding carboxylic acids is 3. The summed E-state index contributed by atoms with van der Waals surface area (Å²) in [6.45, 7) is 7.31. The molecule has 8 heteroatoms. The van der Waals surface area contributed by atoms with E-state index >= 15 is 0 Å². The molecular weight excluding hydrogens is 471 g/mol. The van der Waals surface area contributed by atoms with E-state index in [0.717, 1.165) is 43.6 Å². The van der Waals surface area contributed by atoms with Gasteiger partial charge >= 0.3 is 0 Å². The molecule has 0 aromatic heterocycles. The van der Waals surface area contributed by atoms with Gasteiger partial charge < -0.3 is 20.0 Å². The number of amides is 3. The van der Waals surface area contributed by atoms with E-state index in [9.17, 15) is 18.8 Å². The van der Waals surface area contributed by atoms with Crippen molar-refractivity contribution in [3.8, 4) is 0 Å². The predicted molar refractivity (Wildman–Crippen MR) is 142 cm³/mol. The minimum atomic E-state index is -0.330. The van der Waals surface area contributed by atoms with Crippen molar-refractivity contribution in [3.63, 3.8) is 0 Å². The summed E-state index contributed by atoms with van der Waals surface area (Å²) in [5, 5.41) is 2.90. The monoisotopic (exact) mass is 508 g/mol. The predicted octanol–water partition coefficient (Wildman–Crippen LogP) is 4.29. The summed E-state index contributed by atoms with van der Waals surface area (Å²) >= 11 is 0. The topological polar surface area (TPSA) is 73.0 Å². The molecule has 1 heterocycles. The van der Waals surface area contributed by atoms with Gasteiger partial charge in [-0.2, -0.15) is 0 Å². The van der Waals surface area contributed by atoms with Gasteiger partial charge in [-0.05, 0) is 60.7 Å². The van der Waals surface area contributed by atoms with E-state index in [1.165, 1.54) is 12.1 Å². The van der Waals surface area contributed by atoms with Gasteiger partial charge in [0.05, 0.1) is 0 Å². The van der Waals surface area contributed by atoms with Gasteiger partial charge in [-0.3, -0.25) is 14.4 Å². The van der Waals surface area contributed by atoms with Gasteiger partial charge in [-0.15, -0.1) is 0 Å². The Hall–Kier alpha value is -3.42. The van der Waals surface area contributed by atoms with E-state index in [1.807, 2.05) is 29.2 Å². The molecule has 37 heavy (non-hydrogen) atoms. The third-order valence-corrected chi connectivity index (χ3v) is 7.12. The number of benzene rings is 2. The van der Waals surface area contributed by atoms with Crippen molar-refractivity contribution in [2.45, 2.75) is 46.1 Å². The molecule has 2 aromatic carbocycles. The van der Waals surface area contributed by atoms with Crippen LogP contribution < -0.4 is 10.2 Å². The van der Waals surface area contributed by atoms with Gasteiger partial charge in [0.2, 0.25) is 17.7 Å². The summed E-state index contributed by atoms with van der Waals surface area (Å²) in [6.07, 6.45) is 3.31. The minimum Gasteiger partial charge on any atom is -0.368 e. The van der Waals surface area contributed by atoms with Gasteiger partial charge in [-0.25, -0.2) is 4.39 Å². The average Bonchev–Trinajstić information content (AvgIpc) is 2.84. The van der Waals surface area contributed by atoms with Crippen molar-refractivity contribution in [1.82, 2.24) is 9.80 Å². The highest BCUT2D eigenvalue weighted by Gasteiger charge is 2.30. The molecule has 1 saturated carbocycles. The Morgan fingerprint density at radius 1 is 0.973 bits per heavy atom. The van der Waals surface area contributed by atoms with E-state index in [4.69, 9.17) is 0 Å². The number of piperazine rings is 1. The molecule has 0 radical (unpaired) electrons. The first kappa shape index (κ1) is 26.6. The Balaban J connectivity index is 1.31. The molecule has 2 fully saturated rings. The first-order valence-electron chi connectivity index (χ1n) is 13.2. The number of rotatable bonds is 9. The number of anilines is 2. The van der Waals surface area contributed by atoms with E-state index in [0.29, 0.717) is 31.1 Å². The first-order chi connectivity index (χ1) is 17.8. The molecule has 0 bridgehead atoms. The molecule has 0 spiro atoms. The highest BCUT2D eigenvalue weighted by Crippen LogP contribution is 2.29. The lowest BCUT2D eigenvalue weighted by Gasteiger charge is -2.36. The fraction of sp³-hybridized carbons (Fsp3) is 0.483. The lowest BCUT2D eigenvalue weighted by Crippen LogP contribution is -2.49. The molecule has 1 N–H and O–H groups in total. The molecule has 0 unspecified atom stereocenters. The Labute approximate surface area is 218 Å². The molecule has 4 rings (SSSR count). The van der Waals surface area contributed by atoms with Crippen LogP contribution in [0.15, 0.2) is 48.5 Å². The van der Waals surface area contributed by atoms with Crippen LogP contribution in [-0.2, 0) is 20.9 Å². The Morgan fingerprint density at radius 2 is 1.62 bits per heavy atom. The van der Waals surface area contributed by atoms with Crippen LogP contribution in [0.3, 0.4) is 0 Å². The number of carbonyl (C=O) groups is 3. The van der Waals surface area contributed by atoms with Crippen molar-refractivity contribution >= 4 is 29.1 Å². The van der Waals surface area contributed by atoms with Crippen molar-refractivity contribution < 1.29 is 18.8 Å². The maximum atomic E-state index is 13.3. The van der Waals surface area contributed by atoms with Crippen LogP contribution in [0, 0.1) is 17.7 Å². The van der Waals surface area contributed by atoms with Crippen molar-refractivity contribution in [2.24, 2.45) is 11.8 Å². The molecule has 0 atom stereocenters. The maximum absolute atomic E-state index is 13.3. The van der Waals surface area contributed by atoms with Crippen molar-refractivity contribution in [2.75, 3.05) is 42.9 Å². The van der Waals surface area contributed by atoms with Gasteiger partial charge in [0.1, 0.15) is 12.4 Å². The third kappa shape index (κ3) is 7.31. The largest absolute Gasteiger partial charge is 0.368 e. The average molecular weight is 509 g/mol. The lowest BCUT2D eigenvalue weighted by molar-refractivity contribution is -0.141. The van der Waals surface area contributed by atoms with Crippen LogP contribution in [0.1, 0.15) is 45.1 Å². The third-order valence-electron chi connectivity index (χ3n) is 7.12. The number of halogens is 1. The van der Waals surface area contributed by atoms with Gasteiger partial charge in [0.25, 0.3) is 0 Å². The molecule has 198 valence electrons. The van der Waals surface area contributed by atoms with Crippen molar-refractivity contribution in [1.29, 1.82) is 0 Å². The summed E-state index contributed by atoms with van der Waals surface area (Å²) in [7, 11) is 0. The molecule has 3 amide bonds. The Kier molecular flexibility index (Phi) is 8.79. The van der Waals surface area contributed by atoms with Gasteiger partial charge in [0, 0.05) is 56.4 Å². The SMILES string of the molecule is CC(C)CC(=O)N1CCN(c2ccc(NC(=O)CN(Cc3ccc(F)cc3)C(=O)C3CCC3)cc2)CC1. The number of hydrogen-bond acceptors (Lipinski definition) is 4. The summed E-state index contributed by atoms with van der Waals surface area (Å²) in [5.74, 6) is -0.0690. The number of nitrogens with one attached hydrogen (secondary N) is 1. The van der Waals surface area contributed by atoms with Gasteiger partial charge in [0.15, 0.2) is 0 Å². The fourth-order valence-electron chi connectivity index (χ4n) is 4.76. The van der Waals surface area contributed by atoms with Crippen LogP contribution in [0.5, 0.6) is 0 Å². The zero-order valence-corrected chi connectivity index (χ0v) is 21.8. The van der Waals surface area contributed by atoms with Crippen LogP contribution in [0.25, 0.3) is 0 Å². The number of nitrogens with zero attached hydrogens (tertiary/aromatic N) is 3. The Bertz CT molecular complexity index is 1080. The van der Waals surface area contributed by atoms with Crippen LogP contribution >= 0.6 is 0 Å². The molecule has 1 aliphatic carbocycles. The quantitative estimate of drug-likeness (QED) is 0.549.